The van der Waals surface area contributed by atoms with Crippen molar-refractivity contribution in [2.24, 2.45) is 0 Å². The van der Waals surface area contributed by atoms with E-state index in [4.69, 9.17) is 28.2 Å². The maximum absolute atomic E-state index is 6.15. The van der Waals surface area contributed by atoms with Crippen LogP contribution in [0.2, 0.25) is 5.02 Å². The van der Waals surface area contributed by atoms with Gasteiger partial charge in [0.05, 0.1) is 11.0 Å². The van der Waals surface area contributed by atoms with E-state index < -0.39 is 0 Å². The Kier molecular flexibility index (Phi) is 4.42. The number of alkyl halides is 1. The zero-order chi connectivity index (χ0) is 14.0. The third-order valence-corrected chi connectivity index (χ3v) is 4.49. The molecular weight excluding hydrogens is 279 g/mol. The second kappa shape index (κ2) is 5.72. The first kappa shape index (κ1) is 14.7. The van der Waals surface area contributed by atoms with Crippen molar-refractivity contribution in [3.63, 3.8) is 0 Å². The molecule has 0 saturated heterocycles. The van der Waals surface area contributed by atoms with Crippen LogP contribution in [0.1, 0.15) is 39.4 Å². The number of halogens is 2. The summed E-state index contributed by atoms with van der Waals surface area (Å²) in [5.74, 6) is 1.64. The quantitative estimate of drug-likeness (QED) is 0.710. The van der Waals surface area contributed by atoms with Gasteiger partial charge in [-0.15, -0.1) is 11.6 Å². The van der Waals surface area contributed by atoms with E-state index in [1.165, 1.54) is 0 Å². The number of fused-ring (bicyclic) bond motifs is 1. The lowest BCUT2D eigenvalue weighted by atomic mass is 9.94. The van der Waals surface area contributed by atoms with Crippen LogP contribution >= 0.6 is 23.2 Å². The van der Waals surface area contributed by atoms with E-state index in [0.29, 0.717) is 5.88 Å². The van der Waals surface area contributed by atoms with Gasteiger partial charge in [0.1, 0.15) is 5.82 Å². The predicted molar refractivity (Wildman–Crippen MR) is 83.4 cm³/mol. The SMILES string of the molecule is CCC(C)(CC)n1c(CCCl)nc2ccc(Cl)cc21. The van der Waals surface area contributed by atoms with Gasteiger partial charge in [-0.25, -0.2) is 4.98 Å². The fourth-order valence-electron chi connectivity index (χ4n) is 2.52. The lowest BCUT2D eigenvalue weighted by Crippen LogP contribution is -2.30. The van der Waals surface area contributed by atoms with E-state index in [0.717, 1.165) is 41.1 Å². The summed E-state index contributed by atoms with van der Waals surface area (Å²) in [6, 6.07) is 5.88. The minimum absolute atomic E-state index is 0.0564. The second-order valence-electron chi connectivity index (χ2n) is 5.14. The number of benzene rings is 1. The molecule has 19 heavy (non-hydrogen) atoms. The van der Waals surface area contributed by atoms with E-state index in [-0.39, 0.29) is 5.54 Å². The summed E-state index contributed by atoms with van der Waals surface area (Å²) in [7, 11) is 0. The average Bonchev–Trinajstić information content (AvgIpc) is 2.76. The molecule has 2 nitrogen and oxygen atoms in total. The number of hydrogen-bond acceptors (Lipinski definition) is 1. The maximum atomic E-state index is 6.15. The Balaban J connectivity index is 2.73. The molecule has 1 aromatic heterocycles. The van der Waals surface area contributed by atoms with Crippen molar-refractivity contribution in [3.8, 4) is 0 Å². The summed E-state index contributed by atoms with van der Waals surface area (Å²) in [6.07, 6.45) is 2.89. The highest BCUT2D eigenvalue weighted by atomic mass is 35.5. The van der Waals surface area contributed by atoms with E-state index in [2.05, 4.69) is 25.3 Å². The van der Waals surface area contributed by atoms with E-state index in [1.54, 1.807) is 0 Å². The van der Waals surface area contributed by atoms with Crippen LogP contribution in [-0.2, 0) is 12.0 Å². The number of nitrogens with zero attached hydrogens (tertiary/aromatic N) is 2. The lowest BCUT2D eigenvalue weighted by molar-refractivity contribution is 0.294. The van der Waals surface area contributed by atoms with Gasteiger partial charge in [-0.1, -0.05) is 25.4 Å². The van der Waals surface area contributed by atoms with Crippen molar-refractivity contribution in [3.05, 3.63) is 29.0 Å². The molecule has 0 aliphatic carbocycles. The van der Waals surface area contributed by atoms with Crippen LogP contribution in [-0.4, -0.2) is 15.4 Å². The number of aromatic nitrogens is 2. The molecule has 2 aromatic rings. The van der Waals surface area contributed by atoms with Crippen molar-refractivity contribution in [2.75, 3.05) is 5.88 Å². The number of rotatable bonds is 5. The Morgan fingerprint density at radius 3 is 2.53 bits per heavy atom. The highest BCUT2D eigenvalue weighted by Gasteiger charge is 2.27. The Labute approximate surface area is 124 Å². The molecule has 0 fully saturated rings. The van der Waals surface area contributed by atoms with Gasteiger partial charge in [-0.3, -0.25) is 0 Å². The third-order valence-electron chi connectivity index (χ3n) is 4.07. The zero-order valence-electron chi connectivity index (χ0n) is 11.7. The third kappa shape index (κ3) is 2.61. The highest BCUT2D eigenvalue weighted by molar-refractivity contribution is 6.31. The standard InChI is InChI=1S/C15H20Cl2N2/c1-4-15(3,5-2)19-13-10-11(17)6-7-12(13)18-14(19)8-9-16/h6-7,10H,4-5,8-9H2,1-3H3. The molecule has 0 aliphatic heterocycles. The molecule has 1 aromatic carbocycles. The molecule has 104 valence electrons. The first-order valence-electron chi connectivity index (χ1n) is 6.79. The Morgan fingerprint density at radius 1 is 1.26 bits per heavy atom. The summed E-state index contributed by atoms with van der Waals surface area (Å²) in [6.45, 7) is 6.70. The number of imidazole rings is 1. The van der Waals surface area contributed by atoms with Crippen molar-refractivity contribution in [1.29, 1.82) is 0 Å². The van der Waals surface area contributed by atoms with Gasteiger partial charge in [-0.2, -0.15) is 0 Å². The Hall–Kier alpha value is -0.730. The van der Waals surface area contributed by atoms with Crippen molar-refractivity contribution < 1.29 is 0 Å². The Morgan fingerprint density at radius 2 is 1.95 bits per heavy atom. The molecule has 0 spiro atoms. The highest BCUT2D eigenvalue weighted by Crippen LogP contribution is 2.32. The molecule has 4 heteroatoms. The summed E-state index contributed by atoms with van der Waals surface area (Å²) in [5, 5.41) is 0.751. The minimum Gasteiger partial charge on any atom is -0.322 e. The smallest absolute Gasteiger partial charge is 0.111 e. The molecule has 2 rings (SSSR count). The minimum atomic E-state index is 0.0564. The molecule has 1 heterocycles. The van der Waals surface area contributed by atoms with Crippen LogP contribution < -0.4 is 0 Å². The molecular formula is C15H20Cl2N2. The fourth-order valence-corrected chi connectivity index (χ4v) is 2.85. The van der Waals surface area contributed by atoms with Crippen LogP contribution in [0.25, 0.3) is 11.0 Å². The predicted octanol–water partition coefficient (Wildman–Crippen LogP) is 5.01. The van der Waals surface area contributed by atoms with Crippen LogP contribution in [0.15, 0.2) is 18.2 Å². The molecule has 0 aliphatic rings. The van der Waals surface area contributed by atoms with E-state index in [9.17, 15) is 0 Å². The number of aryl methyl sites for hydroxylation is 1. The van der Waals surface area contributed by atoms with Crippen LogP contribution in [0.4, 0.5) is 0 Å². The summed E-state index contributed by atoms with van der Waals surface area (Å²) < 4.78 is 2.33. The average molecular weight is 299 g/mol. The first-order chi connectivity index (χ1) is 9.05. The zero-order valence-corrected chi connectivity index (χ0v) is 13.2. The second-order valence-corrected chi connectivity index (χ2v) is 5.95. The van der Waals surface area contributed by atoms with Gasteiger partial charge in [0.25, 0.3) is 0 Å². The largest absolute Gasteiger partial charge is 0.322 e. The summed E-state index contributed by atoms with van der Waals surface area (Å²) in [4.78, 5) is 4.73. The summed E-state index contributed by atoms with van der Waals surface area (Å²) >= 11 is 12.1. The maximum Gasteiger partial charge on any atom is 0.111 e. The Bertz CT molecular complexity index is 571. The van der Waals surface area contributed by atoms with Gasteiger partial charge < -0.3 is 4.57 Å². The van der Waals surface area contributed by atoms with Gasteiger partial charge in [-0.05, 0) is 38.0 Å². The van der Waals surface area contributed by atoms with Crippen LogP contribution in [0.5, 0.6) is 0 Å². The van der Waals surface area contributed by atoms with Crippen LogP contribution in [0, 0.1) is 0 Å². The monoisotopic (exact) mass is 298 g/mol. The van der Waals surface area contributed by atoms with Gasteiger partial charge in [0.15, 0.2) is 0 Å². The van der Waals surface area contributed by atoms with Gasteiger partial charge in [0.2, 0.25) is 0 Å². The molecule has 0 N–H and O–H groups in total. The van der Waals surface area contributed by atoms with E-state index >= 15 is 0 Å². The van der Waals surface area contributed by atoms with Crippen molar-refractivity contribution in [1.82, 2.24) is 9.55 Å². The topological polar surface area (TPSA) is 17.8 Å². The molecule has 0 atom stereocenters. The normalized spacial score (nSPS) is 12.3. The molecule has 0 unspecified atom stereocenters. The van der Waals surface area contributed by atoms with Gasteiger partial charge >= 0.3 is 0 Å². The fraction of sp³-hybridized carbons (Fsp3) is 0.533. The van der Waals surface area contributed by atoms with E-state index in [1.807, 2.05) is 18.2 Å². The molecule has 0 saturated carbocycles. The first-order valence-corrected chi connectivity index (χ1v) is 7.70. The molecule has 0 bridgehead atoms. The van der Waals surface area contributed by atoms with Gasteiger partial charge in [0, 0.05) is 22.9 Å². The summed E-state index contributed by atoms with van der Waals surface area (Å²) in [5.41, 5.74) is 2.16. The lowest BCUT2D eigenvalue weighted by Gasteiger charge is -2.31. The van der Waals surface area contributed by atoms with Crippen molar-refractivity contribution >= 4 is 34.2 Å². The molecule has 0 amide bonds. The molecule has 0 radical (unpaired) electrons. The van der Waals surface area contributed by atoms with Crippen LogP contribution in [0.3, 0.4) is 0 Å². The van der Waals surface area contributed by atoms with Crippen molar-refractivity contribution in [2.45, 2.75) is 45.6 Å². The number of hydrogen-bond donors (Lipinski definition) is 0.